The molecule has 0 spiro atoms. The van der Waals surface area contributed by atoms with Crippen molar-refractivity contribution in [2.45, 2.75) is 25.3 Å². The number of benzene rings is 4. The summed E-state index contributed by atoms with van der Waals surface area (Å²) < 4.78 is 0. The van der Waals surface area contributed by atoms with Crippen LogP contribution in [-0.4, -0.2) is 5.17 Å². The number of allylic oxidation sites excluding steroid dienone is 1. The van der Waals surface area contributed by atoms with E-state index in [4.69, 9.17) is 16.6 Å². The lowest BCUT2D eigenvalue weighted by Gasteiger charge is -2.28. The minimum absolute atomic E-state index is 0.189. The molecule has 0 bridgehead atoms. The lowest BCUT2D eigenvalue weighted by molar-refractivity contribution is 0.623. The number of nitrogens with zero attached hydrogens (tertiary/aromatic N) is 1. The molecule has 166 valence electrons. The molecule has 4 aromatic rings. The Morgan fingerprint density at radius 3 is 1.88 bits per heavy atom. The van der Waals surface area contributed by atoms with Gasteiger partial charge in [-0.25, -0.2) is 4.99 Å². The molecular formula is C31H25ClN2. The molecule has 1 N–H and O–H groups in total. The summed E-state index contributed by atoms with van der Waals surface area (Å²) in [5.41, 5.74) is 10.2. The largest absolute Gasteiger partial charge is 0.370 e. The summed E-state index contributed by atoms with van der Waals surface area (Å²) in [5, 5.41) is 4.34. The molecule has 3 heteroatoms. The zero-order valence-electron chi connectivity index (χ0n) is 19.2. The zero-order valence-corrected chi connectivity index (χ0v) is 20.0. The van der Waals surface area contributed by atoms with Crippen LogP contribution in [-0.2, 0) is 5.41 Å². The van der Waals surface area contributed by atoms with E-state index in [0.717, 1.165) is 28.1 Å². The molecule has 6 rings (SSSR count). The van der Waals surface area contributed by atoms with Gasteiger partial charge < -0.3 is 5.32 Å². The minimum atomic E-state index is -0.214. The Balaban J connectivity index is 1.49. The number of halogens is 1. The summed E-state index contributed by atoms with van der Waals surface area (Å²) >= 11 is 6.90. The van der Waals surface area contributed by atoms with Crippen molar-refractivity contribution < 1.29 is 0 Å². The Kier molecular flexibility index (Phi) is 4.93. The van der Waals surface area contributed by atoms with Crippen LogP contribution in [0.1, 0.15) is 36.6 Å². The summed E-state index contributed by atoms with van der Waals surface area (Å²) in [6.07, 6.45) is 0. The van der Waals surface area contributed by atoms with Crippen molar-refractivity contribution in [1.82, 2.24) is 5.32 Å². The van der Waals surface area contributed by atoms with E-state index in [1.54, 1.807) is 0 Å². The molecule has 2 aliphatic rings. The number of nitrogens with one attached hydrogen (secondary N) is 1. The highest BCUT2D eigenvalue weighted by molar-refractivity contribution is 6.67. The van der Waals surface area contributed by atoms with Gasteiger partial charge in [0, 0.05) is 11.0 Å². The smallest absolute Gasteiger partial charge is 0.133 e. The van der Waals surface area contributed by atoms with Gasteiger partial charge in [-0.2, -0.15) is 0 Å². The second-order valence-electron chi connectivity index (χ2n) is 9.48. The Hall–Kier alpha value is -3.62. The standard InChI is InChI=1S/C31H25ClN2/c1-31(2)26-16-10-9-15-25(26)28-29(31)34-30(32)27(33-28)24-18-22(20-11-5-3-6-12-20)17-23(19-24)21-13-7-4-8-14-21/h3-19,27,33H,1-2H3. The summed E-state index contributed by atoms with van der Waals surface area (Å²) in [6.45, 7) is 4.43. The summed E-state index contributed by atoms with van der Waals surface area (Å²) in [5.74, 6) is 0. The molecule has 2 nitrogen and oxygen atoms in total. The Labute approximate surface area is 205 Å². The average Bonchev–Trinajstić information content (AvgIpc) is 3.10. The van der Waals surface area contributed by atoms with Crippen LogP contribution in [0.3, 0.4) is 0 Å². The third-order valence-corrected chi connectivity index (χ3v) is 7.25. The molecule has 1 aliphatic heterocycles. The second kappa shape index (κ2) is 8.00. The SMILES string of the molecule is CC1(C)C2=C(NC(c3cc(-c4ccccc4)cc(-c4ccccc4)c3)C(Cl)=N2)c2ccccc21. The van der Waals surface area contributed by atoms with Crippen LogP contribution >= 0.6 is 11.6 Å². The monoisotopic (exact) mass is 460 g/mol. The molecule has 1 heterocycles. The van der Waals surface area contributed by atoms with Gasteiger partial charge in [-0.1, -0.05) is 110 Å². The van der Waals surface area contributed by atoms with E-state index in [1.807, 2.05) is 12.1 Å². The molecule has 0 fully saturated rings. The lowest BCUT2D eigenvalue weighted by atomic mass is 9.85. The normalized spacial score (nSPS) is 18.1. The molecule has 0 aromatic heterocycles. The maximum Gasteiger partial charge on any atom is 0.133 e. The Bertz CT molecular complexity index is 1390. The summed E-state index contributed by atoms with van der Waals surface area (Å²) in [4.78, 5) is 4.97. The molecule has 0 saturated heterocycles. The first-order chi connectivity index (χ1) is 16.5. The quantitative estimate of drug-likeness (QED) is 0.329. The van der Waals surface area contributed by atoms with Crippen LogP contribution in [0.5, 0.6) is 0 Å². The van der Waals surface area contributed by atoms with Crippen LogP contribution in [0.4, 0.5) is 0 Å². The first-order valence-corrected chi connectivity index (χ1v) is 12.0. The minimum Gasteiger partial charge on any atom is -0.370 e. The maximum absolute atomic E-state index is 6.90. The fourth-order valence-corrected chi connectivity index (χ4v) is 5.43. The van der Waals surface area contributed by atoms with Gasteiger partial charge in [0.25, 0.3) is 0 Å². The van der Waals surface area contributed by atoms with Crippen LogP contribution in [0, 0.1) is 0 Å². The highest BCUT2D eigenvalue weighted by Gasteiger charge is 2.41. The Morgan fingerprint density at radius 1 is 0.706 bits per heavy atom. The average molecular weight is 461 g/mol. The van der Waals surface area contributed by atoms with Gasteiger partial charge in [-0.05, 0) is 51.6 Å². The van der Waals surface area contributed by atoms with Gasteiger partial charge in [0.1, 0.15) is 11.2 Å². The number of aliphatic imine (C=N–C) groups is 1. The number of hydrogen-bond donors (Lipinski definition) is 1. The number of fused-ring (bicyclic) bond motifs is 2. The second-order valence-corrected chi connectivity index (χ2v) is 9.87. The summed E-state index contributed by atoms with van der Waals surface area (Å²) in [6, 6.07) is 36.0. The summed E-state index contributed by atoms with van der Waals surface area (Å²) in [7, 11) is 0. The van der Waals surface area contributed by atoms with Crippen molar-refractivity contribution in [2.75, 3.05) is 0 Å². The highest BCUT2D eigenvalue weighted by atomic mass is 35.5. The molecule has 1 unspecified atom stereocenters. The maximum atomic E-state index is 6.90. The van der Waals surface area contributed by atoms with E-state index in [-0.39, 0.29) is 11.5 Å². The van der Waals surface area contributed by atoms with E-state index in [2.05, 4.69) is 110 Å². The highest BCUT2D eigenvalue weighted by Crippen LogP contribution is 2.48. The molecule has 0 amide bonds. The van der Waals surface area contributed by atoms with Crippen molar-refractivity contribution >= 4 is 22.5 Å². The van der Waals surface area contributed by atoms with Gasteiger partial charge in [0.2, 0.25) is 0 Å². The van der Waals surface area contributed by atoms with Crippen LogP contribution in [0.25, 0.3) is 28.0 Å². The first kappa shape index (κ1) is 20.9. The van der Waals surface area contributed by atoms with Gasteiger partial charge in [0.15, 0.2) is 0 Å². The zero-order chi connectivity index (χ0) is 23.3. The fourth-order valence-electron chi connectivity index (χ4n) is 5.16. The molecule has 0 radical (unpaired) electrons. The van der Waals surface area contributed by atoms with E-state index in [0.29, 0.717) is 5.17 Å². The molecule has 0 saturated carbocycles. The van der Waals surface area contributed by atoms with Gasteiger partial charge >= 0.3 is 0 Å². The predicted molar refractivity (Wildman–Crippen MR) is 143 cm³/mol. The van der Waals surface area contributed by atoms with Gasteiger partial charge in [-0.15, -0.1) is 0 Å². The first-order valence-electron chi connectivity index (χ1n) is 11.6. The van der Waals surface area contributed by atoms with Crippen molar-refractivity contribution in [2.24, 2.45) is 4.99 Å². The van der Waals surface area contributed by atoms with Crippen LogP contribution < -0.4 is 5.32 Å². The number of hydrogen-bond acceptors (Lipinski definition) is 2. The van der Waals surface area contributed by atoms with E-state index < -0.39 is 0 Å². The van der Waals surface area contributed by atoms with Gasteiger partial charge in [-0.3, -0.25) is 0 Å². The third-order valence-electron chi connectivity index (χ3n) is 6.95. The number of rotatable bonds is 3. The van der Waals surface area contributed by atoms with Crippen molar-refractivity contribution in [1.29, 1.82) is 0 Å². The topological polar surface area (TPSA) is 24.4 Å². The predicted octanol–water partition coefficient (Wildman–Crippen LogP) is 7.96. The Morgan fingerprint density at radius 2 is 1.26 bits per heavy atom. The van der Waals surface area contributed by atoms with E-state index >= 15 is 0 Å². The van der Waals surface area contributed by atoms with E-state index in [9.17, 15) is 0 Å². The fraction of sp³-hybridized carbons (Fsp3) is 0.129. The molecular weight excluding hydrogens is 436 g/mol. The van der Waals surface area contributed by atoms with E-state index in [1.165, 1.54) is 22.3 Å². The van der Waals surface area contributed by atoms with Crippen molar-refractivity contribution in [3.8, 4) is 22.3 Å². The van der Waals surface area contributed by atoms with Gasteiger partial charge in [0.05, 0.1) is 11.4 Å². The van der Waals surface area contributed by atoms with Crippen molar-refractivity contribution in [3.63, 3.8) is 0 Å². The molecule has 1 atom stereocenters. The molecule has 4 aromatic carbocycles. The van der Waals surface area contributed by atoms with Crippen LogP contribution in [0.15, 0.2) is 114 Å². The van der Waals surface area contributed by atoms with Crippen LogP contribution in [0.2, 0.25) is 0 Å². The molecule has 1 aliphatic carbocycles. The third kappa shape index (κ3) is 3.38. The van der Waals surface area contributed by atoms with Crippen molar-refractivity contribution in [3.05, 3.63) is 126 Å². The molecule has 34 heavy (non-hydrogen) atoms. The lowest BCUT2D eigenvalue weighted by Crippen LogP contribution is -2.30.